The van der Waals surface area contributed by atoms with E-state index in [1.165, 1.54) is 0 Å². The van der Waals surface area contributed by atoms with Crippen molar-refractivity contribution in [2.45, 2.75) is 6.54 Å². The summed E-state index contributed by atoms with van der Waals surface area (Å²) in [6.07, 6.45) is 1.57. The van der Waals surface area contributed by atoms with Gasteiger partial charge >= 0.3 is 0 Å². The highest BCUT2D eigenvalue weighted by Crippen LogP contribution is 2.29. The molecule has 0 unspecified atom stereocenters. The van der Waals surface area contributed by atoms with Crippen molar-refractivity contribution in [3.05, 3.63) is 95.0 Å². The van der Waals surface area contributed by atoms with Crippen LogP contribution in [0.25, 0.3) is 38.9 Å². The Balaban J connectivity index is 1.65. The molecule has 6 aromatic rings. The van der Waals surface area contributed by atoms with Gasteiger partial charge in [0, 0.05) is 11.3 Å². The molecule has 0 aliphatic heterocycles. The molecule has 0 fully saturated rings. The van der Waals surface area contributed by atoms with Crippen LogP contribution in [0.15, 0.2) is 83.9 Å². The fourth-order valence-electron chi connectivity index (χ4n) is 4.38. The number of methoxy groups -OCH3 is 2. The Bertz CT molecular complexity index is 1770. The molecular weight excluding hydrogens is 442 g/mol. The number of benzene rings is 3. The second-order valence-electron chi connectivity index (χ2n) is 8.11. The zero-order valence-corrected chi connectivity index (χ0v) is 19.2. The number of ether oxygens (including phenoxy) is 2. The second-order valence-corrected chi connectivity index (χ2v) is 8.11. The fourth-order valence-corrected chi connectivity index (χ4v) is 4.38. The third kappa shape index (κ3) is 3.38. The van der Waals surface area contributed by atoms with Gasteiger partial charge in [-0.25, -0.2) is 15.0 Å². The summed E-state index contributed by atoms with van der Waals surface area (Å²) in [5.41, 5.74) is 4.55. The van der Waals surface area contributed by atoms with Gasteiger partial charge in [0.25, 0.3) is 5.56 Å². The van der Waals surface area contributed by atoms with Gasteiger partial charge in [-0.1, -0.05) is 30.3 Å². The zero-order chi connectivity index (χ0) is 23.9. The van der Waals surface area contributed by atoms with Crippen LogP contribution in [-0.2, 0) is 6.54 Å². The molecule has 3 aromatic heterocycles. The summed E-state index contributed by atoms with van der Waals surface area (Å²) >= 11 is 0. The molecular formula is C27H21N5O3. The lowest BCUT2D eigenvalue weighted by Gasteiger charge is -2.10. The number of hydrogen-bond acceptors (Lipinski definition) is 6. The van der Waals surface area contributed by atoms with Crippen LogP contribution in [0.5, 0.6) is 11.5 Å². The molecule has 8 heteroatoms. The van der Waals surface area contributed by atoms with E-state index in [-0.39, 0.29) is 5.56 Å². The van der Waals surface area contributed by atoms with Crippen LogP contribution in [0, 0.1) is 0 Å². The smallest absolute Gasteiger partial charge is 0.265 e. The molecule has 0 aliphatic carbocycles. The van der Waals surface area contributed by atoms with Gasteiger partial charge in [0.15, 0.2) is 11.3 Å². The first-order valence-corrected chi connectivity index (χ1v) is 11.1. The quantitative estimate of drug-likeness (QED) is 0.378. The number of fused-ring (bicyclic) bond motifs is 4. The highest BCUT2D eigenvalue weighted by atomic mass is 16.5. The number of para-hydroxylation sites is 3. The van der Waals surface area contributed by atoms with E-state index in [1.54, 1.807) is 25.1 Å². The molecule has 0 atom stereocenters. The molecule has 0 N–H and O–H groups in total. The highest BCUT2D eigenvalue weighted by Gasteiger charge is 2.21. The molecule has 8 nitrogen and oxygen atoms in total. The predicted molar refractivity (Wildman–Crippen MR) is 135 cm³/mol. The van der Waals surface area contributed by atoms with Crippen molar-refractivity contribution in [1.82, 2.24) is 24.1 Å². The average Bonchev–Trinajstić information content (AvgIpc) is 3.23. The van der Waals surface area contributed by atoms with E-state index >= 15 is 0 Å². The van der Waals surface area contributed by atoms with Crippen molar-refractivity contribution in [3.63, 3.8) is 0 Å². The first kappa shape index (κ1) is 20.9. The van der Waals surface area contributed by atoms with E-state index in [2.05, 4.69) is 0 Å². The monoisotopic (exact) mass is 463 g/mol. The lowest BCUT2D eigenvalue weighted by atomic mass is 10.2. The third-order valence-electron chi connectivity index (χ3n) is 6.09. The van der Waals surface area contributed by atoms with Gasteiger partial charge in [-0.05, 0) is 42.5 Å². The fraction of sp³-hybridized carbons (Fsp3) is 0.111. The molecule has 0 saturated heterocycles. The summed E-state index contributed by atoms with van der Waals surface area (Å²) in [7, 11) is 3.24. The Kier molecular flexibility index (Phi) is 4.92. The summed E-state index contributed by atoms with van der Waals surface area (Å²) in [6.45, 7) is 0.321. The molecule has 172 valence electrons. The van der Waals surface area contributed by atoms with Crippen LogP contribution < -0.4 is 15.0 Å². The summed E-state index contributed by atoms with van der Waals surface area (Å²) < 4.78 is 14.2. The molecule has 0 spiro atoms. The zero-order valence-electron chi connectivity index (χ0n) is 19.2. The van der Waals surface area contributed by atoms with Gasteiger partial charge in [0.2, 0.25) is 0 Å². The predicted octanol–water partition coefficient (Wildman–Crippen LogP) is 4.35. The van der Waals surface area contributed by atoms with Gasteiger partial charge in [-0.3, -0.25) is 13.9 Å². The van der Waals surface area contributed by atoms with E-state index < -0.39 is 0 Å². The van der Waals surface area contributed by atoms with Gasteiger partial charge in [-0.15, -0.1) is 0 Å². The maximum Gasteiger partial charge on any atom is 0.265 e. The maximum atomic E-state index is 13.8. The van der Waals surface area contributed by atoms with Crippen LogP contribution in [0.2, 0.25) is 0 Å². The number of aromatic nitrogens is 5. The van der Waals surface area contributed by atoms with Gasteiger partial charge < -0.3 is 9.47 Å². The summed E-state index contributed by atoms with van der Waals surface area (Å²) in [5.74, 6) is 1.45. The van der Waals surface area contributed by atoms with Crippen LogP contribution in [0.1, 0.15) is 5.56 Å². The number of nitrogens with zero attached hydrogens (tertiary/aromatic N) is 5. The standard InChI is InChI=1S/C27H21N5O3/c1-34-19-13-11-18(12-14-19)32-25-23(24-26(32)30-21-9-5-4-8-20(21)29-24)27(33)31(16-28-25)15-17-7-3-6-10-22(17)35-2/h3-14,16H,15H2,1-2H3. The first-order chi connectivity index (χ1) is 17.2. The lowest BCUT2D eigenvalue weighted by molar-refractivity contribution is 0.408. The molecule has 0 amide bonds. The van der Waals surface area contributed by atoms with Gasteiger partial charge in [-0.2, -0.15) is 0 Å². The molecule has 3 heterocycles. The van der Waals surface area contributed by atoms with E-state index in [4.69, 9.17) is 24.4 Å². The number of hydrogen-bond donors (Lipinski definition) is 0. The lowest BCUT2D eigenvalue weighted by Crippen LogP contribution is -2.21. The molecule has 0 saturated carbocycles. The van der Waals surface area contributed by atoms with Crippen LogP contribution >= 0.6 is 0 Å². The highest BCUT2D eigenvalue weighted by molar-refractivity contribution is 6.05. The van der Waals surface area contributed by atoms with Crippen molar-refractivity contribution in [2.24, 2.45) is 0 Å². The first-order valence-electron chi connectivity index (χ1n) is 11.1. The molecule has 0 radical (unpaired) electrons. The molecule has 0 aliphatic rings. The van der Waals surface area contributed by atoms with Crippen molar-refractivity contribution in [2.75, 3.05) is 14.2 Å². The minimum absolute atomic E-state index is 0.192. The Morgan fingerprint density at radius 3 is 2.26 bits per heavy atom. The minimum atomic E-state index is -0.192. The third-order valence-corrected chi connectivity index (χ3v) is 6.09. The largest absolute Gasteiger partial charge is 0.497 e. The van der Waals surface area contributed by atoms with E-state index in [9.17, 15) is 4.79 Å². The van der Waals surface area contributed by atoms with Crippen molar-refractivity contribution >= 4 is 33.2 Å². The maximum absolute atomic E-state index is 13.8. The Labute approximate surface area is 200 Å². The SMILES string of the molecule is COc1ccc(-n2c3nc4ccccc4nc3c3c(=O)n(Cc4ccccc4OC)cnc32)cc1. The van der Waals surface area contributed by atoms with E-state index in [0.29, 0.717) is 40.0 Å². The normalized spacial score (nSPS) is 11.4. The van der Waals surface area contributed by atoms with Gasteiger partial charge in [0.1, 0.15) is 28.7 Å². The summed E-state index contributed by atoms with van der Waals surface area (Å²) in [5, 5.41) is 0.423. The van der Waals surface area contributed by atoms with Crippen molar-refractivity contribution < 1.29 is 9.47 Å². The molecule has 35 heavy (non-hydrogen) atoms. The Hall–Kier alpha value is -4.72. The van der Waals surface area contributed by atoms with E-state index in [0.717, 1.165) is 22.5 Å². The van der Waals surface area contributed by atoms with Crippen LogP contribution in [0.3, 0.4) is 0 Å². The Morgan fingerprint density at radius 1 is 0.800 bits per heavy atom. The molecule has 3 aromatic carbocycles. The topological polar surface area (TPSA) is 84.1 Å². The molecule has 0 bridgehead atoms. The summed E-state index contributed by atoms with van der Waals surface area (Å²) in [4.78, 5) is 28.2. The molecule has 6 rings (SSSR count). The van der Waals surface area contributed by atoms with Gasteiger partial charge in [0.05, 0.1) is 31.8 Å². The van der Waals surface area contributed by atoms with Crippen LogP contribution in [0.4, 0.5) is 0 Å². The van der Waals surface area contributed by atoms with Crippen LogP contribution in [-0.4, -0.2) is 38.3 Å². The van der Waals surface area contributed by atoms with E-state index in [1.807, 2.05) is 77.4 Å². The average molecular weight is 463 g/mol. The van der Waals surface area contributed by atoms with Crippen molar-refractivity contribution in [3.8, 4) is 17.2 Å². The van der Waals surface area contributed by atoms with Crippen molar-refractivity contribution in [1.29, 1.82) is 0 Å². The second kappa shape index (κ2) is 8.25. The summed E-state index contributed by atoms with van der Waals surface area (Å²) in [6, 6.07) is 22.8. The minimum Gasteiger partial charge on any atom is -0.497 e. The number of rotatable bonds is 5. The Morgan fingerprint density at radius 2 is 1.51 bits per heavy atom.